The Balaban J connectivity index is 1.54. The fourth-order valence-electron chi connectivity index (χ4n) is 3.96. The van der Waals surface area contributed by atoms with Crippen LogP contribution in [-0.4, -0.2) is 61.1 Å². The zero-order valence-corrected chi connectivity index (χ0v) is 19.2. The normalized spacial score (nSPS) is 14.0. The number of hydrogen-bond acceptors (Lipinski definition) is 8. The molecule has 1 aliphatic heterocycles. The van der Waals surface area contributed by atoms with E-state index in [1.165, 1.54) is 42.2 Å². The molecule has 4 rings (SSSR count). The first-order valence-corrected chi connectivity index (χ1v) is 11.0. The predicted molar refractivity (Wildman–Crippen MR) is 123 cm³/mol. The number of thiazole rings is 1. The zero-order valence-electron chi connectivity index (χ0n) is 18.4. The maximum atomic E-state index is 13.2. The van der Waals surface area contributed by atoms with Crippen LogP contribution < -0.4 is 14.4 Å². The zero-order chi connectivity index (χ0) is 23.0. The second-order valence-corrected chi connectivity index (χ2v) is 8.66. The molecular weight excluding hydrogens is 432 g/mol. The van der Waals surface area contributed by atoms with Crippen molar-refractivity contribution in [2.75, 3.05) is 45.3 Å². The lowest BCUT2D eigenvalue weighted by Gasteiger charge is -2.34. The summed E-state index contributed by atoms with van der Waals surface area (Å²) in [6, 6.07) is 6.84. The van der Waals surface area contributed by atoms with Crippen LogP contribution in [-0.2, 0) is 0 Å². The van der Waals surface area contributed by atoms with Crippen LogP contribution in [0.15, 0.2) is 24.3 Å². The first-order chi connectivity index (χ1) is 15.3. The molecule has 1 fully saturated rings. The number of fused-ring (bicyclic) bond motifs is 1. The Hall–Kier alpha value is -3.40. The summed E-state index contributed by atoms with van der Waals surface area (Å²) in [6.07, 6.45) is 0. The molecule has 2 heterocycles. The summed E-state index contributed by atoms with van der Waals surface area (Å²) in [5, 5.41) is 12.5. The number of piperazine rings is 1. The molecule has 1 aromatic heterocycles. The smallest absolute Gasteiger partial charge is 0.286 e. The van der Waals surface area contributed by atoms with E-state index in [1.807, 2.05) is 0 Å². The molecule has 0 N–H and O–H groups in total. The lowest BCUT2D eigenvalue weighted by Crippen LogP contribution is -2.48. The highest BCUT2D eigenvalue weighted by Crippen LogP contribution is 2.36. The van der Waals surface area contributed by atoms with Crippen molar-refractivity contribution in [1.82, 2.24) is 9.88 Å². The highest BCUT2D eigenvalue weighted by atomic mass is 32.1. The van der Waals surface area contributed by atoms with Crippen LogP contribution in [0.1, 0.15) is 21.5 Å². The Bertz CT molecular complexity index is 1200. The van der Waals surface area contributed by atoms with Gasteiger partial charge in [-0.3, -0.25) is 14.9 Å². The molecule has 1 amide bonds. The highest BCUT2D eigenvalue weighted by Gasteiger charge is 2.30. The third kappa shape index (κ3) is 3.93. The van der Waals surface area contributed by atoms with Crippen LogP contribution in [0.5, 0.6) is 11.5 Å². The predicted octanol–water partition coefficient (Wildman–Crippen LogP) is 3.80. The first kappa shape index (κ1) is 21.8. The summed E-state index contributed by atoms with van der Waals surface area (Å²) < 4.78 is 11.6. The minimum absolute atomic E-state index is 0.00723. The number of aryl methyl sites for hydroxylation is 2. The number of anilines is 1. The van der Waals surface area contributed by atoms with Gasteiger partial charge in [-0.05, 0) is 31.0 Å². The lowest BCUT2D eigenvalue weighted by atomic mass is 10.1. The molecule has 0 spiro atoms. The van der Waals surface area contributed by atoms with Gasteiger partial charge in [0.1, 0.15) is 5.56 Å². The highest BCUT2D eigenvalue weighted by molar-refractivity contribution is 7.22. The van der Waals surface area contributed by atoms with Crippen molar-refractivity contribution in [1.29, 1.82) is 0 Å². The molecule has 0 aliphatic carbocycles. The van der Waals surface area contributed by atoms with E-state index in [0.717, 1.165) is 10.6 Å². The molecule has 0 saturated carbocycles. The van der Waals surface area contributed by atoms with Gasteiger partial charge >= 0.3 is 0 Å². The van der Waals surface area contributed by atoms with E-state index in [1.54, 1.807) is 16.2 Å². The second kappa shape index (κ2) is 8.62. The molecule has 1 aliphatic rings. The second-order valence-electron chi connectivity index (χ2n) is 7.69. The fourth-order valence-corrected chi connectivity index (χ4v) is 5.03. The van der Waals surface area contributed by atoms with Gasteiger partial charge in [-0.15, -0.1) is 0 Å². The van der Waals surface area contributed by atoms with E-state index < -0.39 is 10.8 Å². The maximum Gasteiger partial charge on any atom is 0.286 e. The summed E-state index contributed by atoms with van der Waals surface area (Å²) in [5.74, 6) is 0.0928. The monoisotopic (exact) mass is 456 g/mol. The van der Waals surface area contributed by atoms with Crippen LogP contribution in [0.4, 0.5) is 10.8 Å². The van der Waals surface area contributed by atoms with Gasteiger partial charge in [0.2, 0.25) is 0 Å². The summed E-state index contributed by atoms with van der Waals surface area (Å²) in [7, 11) is 2.82. The van der Waals surface area contributed by atoms with Gasteiger partial charge in [0.05, 0.1) is 35.4 Å². The molecule has 168 valence electrons. The number of benzene rings is 2. The molecule has 0 bridgehead atoms. The number of aromatic nitrogens is 1. The number of amides is 1. The average molecular weight is 457 g/mol. The molecule has 2 aromatic carbocycles. The number of rotatable bonds is 5. The minimum atomic E-state index is -0.573. The van der Waals surface area contributed by atoms with E-state index in [0.29, 0.717) is 26.2 Å². The molecule has 0 atom stereocenters. The van der Waals surface area contributed by atoms with Crippen LogP contribution in [0.3, 0.4) is 0 Å². The average Bonchev–Trinajstić information content (AvgIpc) is 3.22. The van der Waals surface area contributed by atoms with Gasteiger partial charge in [-0.25, -0.2) is 4.98 Å². The van der Waals surface area contributed by atoms with Crippen molar-refractivity contribution in [3.05, 3.63) is 51.1 Å². The minimum Gasteiger partial charge on any atom is -0.493 e. The molecule has 3 aromatic rings. The van der Waals surface area contributed by atoms with E-state index in [-0.39, 0.29) is 22.7 Å². The largest absolute Gasteiger partial charge is 0.493 e. The number of nitro benzene ring substituents is 1. The number of hydrogen-bond donors (Lipinski definition) is 0. The van der Waals surface area contributed by atoms with Crippen molar-refractivity contribution in [3.8, 4) is 11.5 Å². The SMILES string of the molecule is COc1cc(C(=O)N2CCN(c3nc4cc(C)cc(C)c4s3)CC2)c([N+](=O)[O-])cc1OC. The Labute approximate surface area is 189 Å². The summed E-state index contributed by atoms with van der Waals surface area (Å²) in [5.41, 5.74) is 3.07. The van der Waals surface area contributed by atoms with Crippen LogP contribution in [0.2, 0.25) is 0 Å². The maximum absolute atomic E-state index is 13.2. The number of carbonyl (C=O) groups is 1. The number of ether oxygens (including phenoxy) is 2. The molecular formula is C22H24N4O5S. The van der Waals surface area contributed by atoms with E-state index in [4.69, 9.17) is 14.5 Å². The van der Waals surface area contributed by atoms with Crippen LogP contribution in [0, 0.1) is 24.0 Å². The Morgan fingerprint density at radius 1 is 1.06 bits per heavy atom. The third-order valence-corrected chi connectivity index (χ3v) is 6.84. The van der Waals surface area contributed by atoms with E-state index >= 15 is 0 Å². The van der Waals surface area contributed by atoms with Crippen molar-refractivity contribution in [2.45, 2.75) is 13.8 Å². The van der Waals surface area contributed by atoms with Gasteiger partial charge in [0, 0.05) is 32.2 Å². The number of nitrogens with zero attached hydrogens (tertiary/aromatic N) is 4. The van der Waals surface area contributed by atoms with E-state index in [2.05, 4.69) is 30.9 Å². The van der Waals surface area contributed by atoms with Crippen LogP contribution >= 0.6 is 11.3 Å². The molecule has 9 nitrogen and oxygen atoms in total. The number of methoxy groups -OCH3 is 2. The fraction of sp³-hybridized carbons (Fsp3) is 0.364. The van der Waals surface area contributed by atoms with Crippen molar-refractivity contribution in [3.63, 3.8) is 0 Å². The topological polar surface area (TPSA) is 98.0 Å². The van der Waals surface area contributed by atoms with Gasteiger partial charge in [-0.1, -0.05) is 17.4 Å². The molecule has 1 saturated heterocycles. The quantitative estimate of drug-likeness (QED) is 0.425. The van der Waals surface area contributed by atoms with Crippen molar-refractivity contribution >= 4 is 38.3 Å². The van der Waals surface area contributed by atoms with Gasteiger partial charge in [0.25, 0.3) is 11.6 Å². The molecule has 0 radical (unpaired) electrons. The number of nitro groups is 1. The molecule has 0 unspecified atom stereocenters. The lowest BCUT2D eigenvalue weighted by molar-refractivity contribution is -0.385. The van der Waals surface area contributed by atoms with Crippen LogP contribution in [0.25, 0.3) is 10.2 Å². The third-order valence-electron chi connectivity index (χ3n) is 5.58. The van der Waals surface area contributed by atoms with Gasteiger partial charge in [0.15, 0.2) is 16.6 Å². The Kier molecular flexibility index (Phi) is 5.88. The Morgan fingerprint density at radius 3 is 2.34 bits per heavy atom. The molecule has 10 heteroatoms. The first-order valence-electron chi connectivity index (χ1n) is 10.1. The molecule has 32 heavy (non-hydrogen) atoms. The summed E-state index contributed by atoms with van der Waals surface area (Å²) in [4.78, 5) is 32.7. The Morgan fingerprint density at radius 2 is 1.72 bits per heavy atom. The summed E-state index contributed by atoms with van der Waals surface area (Å²) >= 11 is 1.65. The summed E-state index contributed by atoms with van der Waals surface area (Å²) in [6.45, 7) is 6.24. The standard InChI is InChI=1S/C22H24N4O5S/c1-13-9-14(2)20-16(10-13)23-22(32-20)25-7-5-24(6-8-25)21(27)15-11-18(30-3)19(31-4)12-17(15)26(28)29/h9-12H,5-8H2,1-4H3. The van der Waals surface area contributed by atoms with Crippen molar-refractivity contribution < 1.29 is 19.2 Å². The number of carbonyl (C=O) groups excluding carboxylic acids is 1. The van der Waals surface area contributed by atoms with E-state index in [9.17, 15) is 14.9 Å². The van der Waals surface area contributed by atoms with Gasteiger partial charge in [-0.2, -0.15) is 0 Å². The van der Waals surface area contributed by atoms with Crippen molar-refractivity contribution in [2.24, 2.45) is 0 Å². The van der Waals surface area contributed by atoms with Gasteiger partial charge < -0.3 is 19.3 Å².